The number of fused-ring (bicyclic) bond motifs is 1. The summed E-state index contributed by atoms with van der Waals surface area (Å²) in [5, 5.41) is 11.2. The normalized spacial score (nSPS) is 10.9. The SMILES string of the molecule is O=C(O)c1c(-c2ccccc2)oc2ccc(OCc3c(Cl)cccc3Cl)cc12. The van der Waals surface area contributed by atoms with Gasteiger partial charge in [-0.15, -0.1) is 0 Å². The summed E-state index contributed by atoms with van der Waals surface area (Å²) in [6, 6.07) is 19.4. The summed E-state index contributed by atoms with van der Waals surface area (Å²) in [6.07, 6.45) is 0. The standard InChI is InChI=1S/C22H14Cl2O4/c23-17-7-4-8-18(24)16(17)12-27-14-9-10-19-15(11-14)20(22(25)26)21(28-19)13-5-2-1-3-6-13/h1-11H,12H2,(H,25,26). The van der Waals surface area contributed by atoms with E-state index in [4.69, 9.17) is 32.4 Å². The molecular formula is C22H14Cl2O4. The quantitative estimate of drug-likeness (QED) is 0.396. The molecule has 6 heteroatoms. The van der Waals surface area contributed by atoms with Crippen LogP contribution in [0.25, 0.3) is 22.3 Å². The molecule has 0 unspecified atom stereocenters. The Hall–Kier alpha value is -2.95. The summed E-state index contributed by atoms with van der Waals surface area (Å²) in [7, 11) is 0. The molecule has 0 aliphatic carbocycles. The van der Waals surface area contributed by atoms with Crippen molar-refractivity contribution in [2.45, 2.75) is 6.61 Å². The number of ether oxygens (including phenoxy) is 1. The zero-order chi connectivity index (χ0) is 19.7. The van der Waals surface area contributed by atoms with E-state index >= 15 is 0 Å². The van der Waals surface area contributed by atoms with E-state index in [2.05, 4.69) is 0 Å². The van der Waals surface area contributed by atoms with Gasteiger partial charge in [0.1, 0.15) is 29.3 Å². The summed E-state index contributed by atoms with van der Waals surface area (Å²) in [4.78, 5) is 11.9. The minimum atomic E-state index is -1.07. The highest BCUT2D eigenvalue weighted by Crippen LogP contribution is 2.36. The van der Waals surface area contributed by atoms with Gasteiger partial charge < -0.3 is 14.3 Å². The van der Waals surface area contributed by atoms with E-state index in [1.165, 1.54) is 0 Å². The Balaban J connectivity index is 1.72. The topological polar surface area (TPSA) is 59.7 Å². The number of benzene rings is 3. The van der Waals surface area contributed by atoms with Crippen LogP contribution in [0.15, 0.2) is 71.1 Å². The molecule has 0 bridgehead atoms. The maximum Gasteiger partial charge on any atom is 0.340 e. The Labute approximate surface area is 170 Å². The van der Waals surface area contributed by atoms with Crippen LogP contribution >= 0.6 is 23.2 Å². The van der Waals surface area contributed by atoms with Crippen molar-refractivity contribution in [2.24, 2.45) is 0 Å². The highest BCUT2D eigenvalue weighted by molar-refractivity contribution is 6.35. The van der Waals surface area contributed by atoms with Gasteiger partial charge in [0.2, 0.25) is 0 Å². The van der Waals surface area contributed by atoms with Crippen LogP contribution in [0.1, 0.15) is 15.9 Å². The minimum Gasteiger partial charge on any atom is -0.489 e. The van der Waals surface area contributed by atoms with Crippen molar-refractivity contribution in [2.75, 3.05) is 0 Å². The number of carbonyl (C=O) groups is 1. The predicted octanol–water partition coefficient (Wildman–Crippen LogP) is 6.68. The summed E-state index contributed by atoms with van der Waals surface area (Å²) >= 11 is 12.3. The fourth-order valence-corrected chi connectivity index (χ4v) is 3.50. The maximum atomic E-state index is 11.9. The smallest absolute Gasteiger partial charge is 0.340 e. The molecule has 4 rings (SSSR count). The molecule has 1 heterocycles. The second kappa shape index (κ2) is 7.58. The van der Waals surface area contributed by atoms with Gasteiger partial charge in [-0.3, -0.25) is 0 Å². The third-order valence-corrected chi connectivity index (χ3v) is 5.06. The van der Waals surface area contributed by atoms with Crippen LogP contribution in [-0.4, -0.2) is 11.1 Å². The van der Waals surface area contributed by atoms with Gasteiger partial charge in [-0.2, -0.15) is 0 Å². The Morgan fingerprint density at radius 1 is 0.964 bits per heavy atom. The summed E-state index contributed by atoms with van der Waals surface area (Å²) in [6.45, 7) is 0.163. The number of carboxylic acids is 1. The fraction of sp³-hybridized carbons (Fsp3) is 0.0455. The zero-order valence-corrected chi connectivity index (χ0v) is 16.0. The molecule has 0 saturated carbocycles. The van der Waals surface area contributed by atoms with Crippen LogP contribution in [0.2, 0.25) is 10.0 Å². The molecule has 0 amide bonds. The van der Waals surface area contributed by atoms with E-state index in [1.807, 2.05) is 18.2 Å². The Kier molecular flexibility index (Phi) is 4.99. The second-order valence-corrected chi connectivity index (χ2v) is 6.94. The molecule has 1 aromatic heterocycles. The first-order valence-corrected chi connectivity index (χ1v) is 9.21. The minimum absolute atomic E-state index is 0.0995. The molecule has 0 radical (unpaired) electrons. The lowest BCUT2D eigenvalue weighted by atomic mass is 10.1. The average molecular weight is 413 g/mol. The number of hydrogen-bond acceptors (Lipinski definition) is 3. The van der Waals surface area contributed by atoms with Gasteiger partial charge in [-0.25, -0.2) is 4.79 Å². The summed E-state index contributed by atoms with van der Waals surface area (Å²) < 4.78 is 11.6. The Morgan fingerprint density at radius 3 is 2.36 bits per heavy atom. The van der Waals surface area contributed by atoms with Crippen molar-refractivity contribution in [3.8, 4) is 17.1 Å². The monoisotopic (exact) mass is 412 g/mol. The number of aromatic carboxylic acids is 1. The van der Waals surface area contributed by atoms with Gasteiger partial charge in [0.15, 0.2) is 0 Å². The van der Waals surface area contributed by atoms with Gasteiger partial charge in [0, 0.05) is 26.6 Å². The van der Waals surface area contributed by atoms with E-state index in [-0.39, 0.29) is 12.2 Å². The van der Waals surface area contributed by atoms with Crippen molar-refractivity contribution < 1.29 is 19.1 Å². The first-order chi connectivity index (χ1) is 13.5. The molecule has 3 aromatic carbocycles. The predicted molar refractivity (Wildman–Crippen MR) is 109 cm³/mol. The molecule has 0 saturated heterocycles. The van der Waals surface area contributed by atoms with Crippen molar-refractivity contribution in [3.63, 3.8) is 0 Å². The Bertz CT molecular complexity index is 1150. The summed E-state index contributed by atoms with van der Waals surface area (Å²) in [5.41, 5.74) is 1.93. The van der Waals surface area contributed by atoms with Crippen molar-refractivity contribution in [3.05, 3.63) is 87.9 Å². The third kappa shape index (κ3) is 3.44. The zero-order valence-electron chi connectivity index (χ0n) is 14.5. The van der Waals surface area contributed by atoms with E-state index in [1.54, 1.807) is 48.5 Å². The Morgan fingerprint density at radius 2 is 1.68 bits per heavy atom. The second-order valence-electron chi connectivity index (χ2n) is 6.12. The number of halogens is 2. The number of carboxylic acid groups (broad SMARTS) is 1. The van der Waals surface area contributed by atoms with Crippen molar-refractivity contribution in [1.29, 1.82) is 0 Å². The molecule has 0 atom stereocenters. The van der Waals surface area contributed by atoms with Crippen LogP contribution in [0, 0.1) is 0 Å². The van der Waals surface area contributed by atoms with Crippen LogP contribution in [0.4, 0.5) is 0 Å². The van der Waals surface area contributed by atoms with Crippen LogP contribution in [-0.2, 0) is 6.61 Å². The molecule has 1 N–H and O–H groups in total. The van der Waals surface area contributed by atoms with E-state index in [0.717, 1.165) is 0 Å². The lowest BCUT2D eigenvalue weighted by molar-refractivity contribution is 0.0699. The maximum absolute atomic E-state index is 11.9. The molecule has 0 spiro atoms. The first-order valence-electron chi connectivity index (χ1n) is 8.45. The number of furan rings is 1. The van der Waals surface area contributed by atoms with Gasteiger partial charge in [-0.05, 0) is 30.3 Å². The van der Waals surface area contributed by atoms with Gasteiger partial charge in [-0.1, -0.05) is 59.6 Å². The highest BCUT2D eigenvalue weighted by Gasteiger charge is 2.22. The highest BCUT2D eigenvalue weighted by atomic mass is 35.5. The van der Waals surface area contributed by atoms with E-state index in [9.17, 15) is 9.90 Å². The number of hydrogen-bond donors (Lipinski definition) is 1. The van der Waals surface area contributed by atoms with Crippen LogP contribution in [0.5, 0.6) is 5.75 Å². The average Bonchev–Trinajstić information content (AvgIpc) is 3.07. The lowest BCUT2D eigenvalue weighted by Crippen LogP contribution is -1.99. The largest absolute Gasteiger partial charge is 0.489 e. The molecule has 0 aliphatic heterocycles. The van der Waals surface area contributed by atoms with Gasteiger partial charge in [0.25, 0.3) is 0 Å². The van der Waals surface area contributed by atoms with E-state index in [0.29, 0.717) is 43.7 Å². The molecule has 0 aliphatic rings. The van der Waals surface area contributed by atoms with Crippen LogP contribution < -0.4 is 4.74 Å². The third-order valence-electron chi connectivity index (χ3n) is 4.35. The summed E-state index contributed by atoms with van der Waals surface area (Å²) in [5.74, 6) is -0.260. The fourth-order valence-electron chi connectivity index (χ4n) is 3.00. The molecule has 4 aromatic rings. The molecule has 0 fully saturated rings. The number of rotatable bonds is 5. The van der Waals surface area contributed by atoms with Gasteiger partial charge in [0.05, 0.1) is 0 Å². The molecule has 4 nitrogen and oxygen atoms in total. The van der Waals surface area contributed by atoms with E-state index < -0.39 is 5.97 Å². The van der Waals surface area contributed by atoms with Gasteiger partial charge >= 0.3 is 5.97 Å². The van der Waals surface area contributed by atoms with Crippen molar-refractivity contribution in [1.82, 2.24) is 0 Å². The van der Waals surface area contributed by atoms with Crippen LogP contribution in [0.3, 0.4) is 0 Å². The first kappa shape index (κ1) is 18.4. The lowest BCUT2D eigenvalue weighted by Gasteiger charge is -2.09. The molecule has 28 heavy (non-hydrogen) atoms. The molecule has 140 valence electrons. The molecular weight excluding hydrogens is 399 g/mol. The van der Waals surface area contributed by atoms with Crippen molar-refractivity contribution >= 4 is 40.1 Å².